The first-order valence-corrected chi connectivity index (χ1v) is 4.52. The molecular formula is C9H5ClN2O4. The normalized spacial score (nSPS) is 10.6. The average molecular weight is 241 g/mol. The van der Waals surface area contributed by atoms with Gasteiger partial charge >= 0.3 is 11.9 Å². The molecule has 2 aromatic heterocycles. The summed E-state index contributed by atoms with van der Waals surface area (Å²) in [5, 5.41) is 17.9. The van der Waals surface area contributed by atoms with Crippen LogP contribution in [0.5, 0.6) is 0 Å². The van der Waals surface area contributed by atoms with Crippen LogP contribution in [0.4, 0.5) is 0 Å². The highest BCUT2D eigenvalue weighted by molar-refractivity contribution is 6.38. The summed E-state index contributed by atoms with van der Waals surface area (Å²) in [6.07, 6.45) is 2.35. The van der Waals surface area contributed by atoms with Crippen LogP contribution in [0.1, 0.15) is 20.8 Å². The third kappa shape index (κ3) is 1.40. The summed E-state index contributed by atoms with van der Waals surface area (Å²) in [6, 6.07) is 0. The minimum atomic E-state index is -1.21. The zero-order valence-electron chi connectivity index (χ0n) is 7.69. The van der Waals surface area contributed by atoms with Gasteiger partial charge in [-0.05, 0) is 0 Å². The maximum Gasteiger partial charge on any atom is 0.354 e. The van der Waals surface area contributed by atoms with Crippen molar-refractivity contribution in [3.8, 4) is 0 Å². The van der Waals surface area contributed by atoms with Gasteiger partial charge in [0.15, 0.2) is 5.69 Å². The Morgan fingerprint density at radius 1 is 1.31 bits per heavy atom. The number of aromatic amines is 1. The Balaban J connectivity index is 2.78. The van der Waals surface area contributed by atoms with Crippen LogP contribution in [0.3, 0.4) is 0 Å². The summed E-state index contributed by atoms with van der Waals surface area (Å²) in [4.78, 5) is 27.8. The quantitative estimate of drug-likeness (QED) is 0.740. The lowest BCUT2D eigenvalue weighted by atomic mass is 10.2. The predicted molar refractivity (Wildman–Crippen MR) is 55.0 cm³/mol. The Labute approximate surface area is 93.5 Å². The summed E-state index contributed by atoms with van der Waals surface area (Å²) in [5.41, 5.74) is -0.138. The van der Waals surface area contributed by atoms with E-state index in [0.717, 1.165) is 6.20 Å². The van der Waals surface area contributed by atoms with Crippen LogP contribution in [0.2, 0.25) is 5.02 Å². The molecule has 0 aliphatic rings. The van der Waals surface area contributed by atoms with Gasteiger partial charge in [0.25, 0.3) is 0 Å². The number of carboxylic acid groups (broad SMARTS) is 2. The van der Waals surface area contributed by atoms with Crippen LogP contribution in [-0.4, -0.2) is 32.1 Å². The van der Waals surface area contributed by atoms with Gasteiger partial charge in [-0.15, -0.1) is 0 Å². The first-order valence-electron chi connectivity index (χ1n) is 4.14. The van der Waals surface area contributed by atoms with Crippen LogP contribution in [0, 0.1) is 0 Å². The monoisotopic (exact) mass is 240 g/mol. The standard InChI is InChI=1S/C9H5ClN2O4/c10-5-3-1-12-7(9(15)16)6(3)11-2-4(5)8(13)14/h1-2,12H,(H,13,14)(H,15,16). The number of halogens is 1. The fourth-order valence-corrected chi connectivity index (χ4v) is 1.63. The number of aromatic nitrogens is 2. The lowest BCUT2D eigenvalue weighted by Gasteiger charge is -1.99. The Morgan fingerprint density at radius 2 is 2.00 bits per heavy atom. The molecule has 0 radical (unpaired) electrons. The van der Waals surface area contributed by atoms with E-state index >= 15 is 0 Å². The van der Waals surface area contributed by atoms with Gasteiger partial charge in [-0.1, -0.05) is 11.6 Å². The van der Waals surface area contributed by atoms with E-state index in [9.17, 15) is 9.59 Å². The van der Waals surface area contributed by atoms with E-state index in [1.54, 1.807) is 0 Å². The molecule has 16 heavy (non-hydrogen) atoms. The smallest absolute Gasteiger partial charge is 0.354 e. The lowest BCUT2D eigenvalue weighted by molar-refractivity contribution is 0.0685. The number of hydrogen-bond donors (Lipinski definition) is 3. The van der Waals surface area contributed by atoms with E-state index in [1.807, 2.05) is 0 Å². The summed E-state index contributed by atoms with van der Waals surface area (Å²) in [5.74, 6) is -2.39. The molecule has 2 heterocycles. The molecule has 0 fully saturated rings. The van der Waals surface area contributed by atoms with E-state index in [0.29, 0.717) is 0 Å². The number of pyridine rings is 1. The number of aromatic carboxylic acids is 2. The van der Waals surface area contributed by atoms with Crippen LogP contribution in [0.25, 0.3) is 10.9 Å². The molecule has 0 spiro atoms. The Hall–Kier alpha value is -2.08. The van der Waals surface area contributed by atoms with Crippen molar-refractivity contribution in [1.82, 2.24) is 9.97 Å². The maximum absolute atomic E-state index is 10.8. The number of nitrogens with one attached hydrogen (secondary N) is 1. The number of H-pyrrole nitrogens is 1. The number of carbonyl (C=O) groups is 2. The van der Waals surface area contributed by atoms with Crippen molar-refractivity contribution in [1.29, 1.82) is 0 Å². The maximum atomic E-state index is 10.8. The van der Waals surface area contributed by atoms with Crippen molar-refractivity contribution in [3.05, 3.63) is 28.7 Å². The third-order valence-electron chi connectivity index (χ3n) is 2.09. The zero-order chi connectivity index (χ0) is 11.9. The van der Waals surface area contributed by atoms with Gasteiger partial charge in [-0.3, -0.25) is 4.98 Å². The SMILES string of the molecule is O=C(O)c1cnc2c(C(=O)O)[nH]cc2c1Cl. The second-order valence-electron chi connectivity index (χ2n) is 3.02. The highest BCUT2D eigenvalue weighted by Gasteiger charge is 2.18. The van der Waals surface area contributed by atoms with Crippen molar-refractivity contribution in [2.45, 2.75) is 0 Å². The number of nitrogens with zero attached hydrogens (tertiary/aromatic N) is 1. The van der Waals surface area contributed by atoms with Crippen molar-refractivity contribution >= 4 is 34.4 Å². The number of hydrogen-bond acceptors (Lipinski definition) is 3. The fourth-order valence-electron chi connectivity index (χ4n) is 1.36. The summed E-state index contributed by atoms with van der Waals surface area (Å²) in [7, 11) is 0. The molecule has 0 atom stereocenters. The topological polar surface area (TPSA) is 103 Å². The Kier molecular flexibility index (Phi) is 2.28. The van der Waals surface area contributed by atoms with E-state index in [2.05, 4.69) is 9.97 Å². The third-order valence-corrected chi connectivity index (χ3v) is 2.50. The molecule has 2 aromatic rings. The molecule has 82 valence electrons. The number of rotatable bonds is 2. The lowest BCUT2D eigenvalue weighted by Crippen LogP contribution is -2.01. The van der Waals surface area contributed by atoms with E-state index in [-0.39, 0.29) is 27.2 Å². The molecule has 3 N–H and O–H groups in total. The Morgan fingerprint density at radius 3 is 2.56 bits per heavy atom. The van der Waals surface area contributed by atoms with Gasteiger partial charge in [-0.2, -0.15) is 0 Å². The molecule has 0 amide bonds. The highest BCUT2D eigenvalue weighted by atomic mass is 35.5. The molecule has 0 saturated carbocycles. The molecule has 7 heteroatoms. The summed E-state index contributed by atoms with van der Waals surface area (Å²) < 4.78 is 0. The minimum Gasteiger partial charge on any atom is -0.478 e. The molecule has 0 aliphatic heterocycles. The van der Waals surface area contributed by atoms with Crippen LogP contribution in [0.15, 0.2) is 12.4 Å². The first-order chi connectivity index (χ1) is 7.52. The van der Waals surface area contributed by atoms with Crippen LogP contribution in [-0.2, 0) is 0 Å². The van der Waals surface area contributed by atoms with Gasteiger partial charge in [-0.25, -0.2) is 9.59 Å². The second kappa shape index (κ2) is 3.49. The van der Waals surface area contributed by atoms with Crippen molar-refractivity contribution in [2.24, 2.45) is 0 Å². The molecule has 0 bridgehead atoms. The van der Waals surface area contributed by atoms with Gasteiger partial charge in [0, 0.05) is 17.8 Å². The molecular weight excluding hydrogens is 236 g/mol. The summed E-state index contributed by atoms with van der Waals surface area (Å²) in [6.45, 7) is 0. The second-order valence-corrected chi connectivity index (χ2v) is 3.40. The van der Waals surface area contributed by atoms with Crippen LogP contribution < -0.4 is 0 Å². The Bertz CT molecular complexity index is 605. The number of fused-ring (bicyclic) bond motifs is 1. The molecule has 6 nitrogen and oxygen atoms in total. The fraction of sp³-hybridized carbons (Fsp3) is 0. The molecule has 0 aliphatic carbocycles. The van der Waals surface area contributed by atoms with Crippen molar-refractivity contribution in [2.75, 3.05) is 0 Å². The molecule has 0 saturated heterocycles. The highest BCUT2D eigenvalue weighted by Crippen LogP contribution is 2.27. The van der Waals surface area contributed by atoms with Crippen molar-refractivity contribution in [3.63, 3.8) is 0 Å². The van der Waals surface area contributed by atoms with E-state index in [4.69, 9.17) is 21.8 Å². The zero-order valence-corrected chi connectivity index (χ0v) is 8.45. The predicted octanol–water partition coefficient (Wildman–Crippen LogP) is 1.61. The largest absolute Gasteiger partial charge is 0.478 e. The average Bonchev–Trinajstić information content (AvgIpc) is 2.61. The summed E-state index contributed by atoms with van der Waals surface area (Å²) >= 11 is 5.82. The van der Waals surface area contributed by atoms with Gasteiger partial charge < -0.3 is 15.2 Å². The van der Waals surface area contributed by atoms with Gasteiger partial charge in [0.2, 0.25) is 0 Å². The first kappa shape index (κ1) is 10.4. The van der Waals surface area contributed by atoms with Gasteiger partial charge in [0.1, 0.15) is 5.52 Å². The van der Waals surface area contributed by atoms with E-state index in [1.165, 1.54) is 6.20 Å². The van der Waals surface area contributed by atoms with Crippen molar-refractivity contribution < 1.29 is 19.8 Å². The van der Waals surface area contributed by atoms with Crippen LogP contribution >= 0.6 is 11.6 Å². The number of carboxylic acids is 2. The van der Waals surface area contributed by atoms with Gasteiger partial charge in [0.05, 0.1) is 10.6 Å². The molecule has 0 unspecified atom stereocenters. The minimum absolute atomic E-state index is 0.0266. The van der Waals surface area contributed by atoms with E-state index < -0.39 is 11.9 Å². The molecule has 2 rings (SSSR count). The molecule has 0 aromatic carbocycles.